The number of aromatic nitrogens is 1. The molecule has 0 aliphatic heterocycles. The van der Waals surface area contributed by atoms with Crippen molar-refractivity contribution in [1.29, 1.82) is 5.26 Å². The topological polar surface area (TPSA) is 41.0 Å². The molecule has 0 radical (unpaired) electrons. The second-order valence-electron chi connectivity index (χ2n) is 3.17. The van der Waals surface area contributed by atoms with Gasteiger partial charge in [0, 0.05) is 11.8 Å². The van der Waals surface area contributed by atoms with E-state index in [1.165, 1.54) is 0 Å². The van der Waals surface area contributed by atoms with E-state index >= 15 is 0 Å². The smallest absolute Gasteiger partial charge is 0.188 e. The van der Waals surface area contributed by atoms with Gasteiger partial charge in [-0.05, 0) is 18.2 Å². The molecule has 0 bridgehead atoms. The van der Waals surface area contributed by atoms with Gasteiger partial charge in [0.25, 0.3) is 0 Å². The molecule has 1 aromatic carbocycles. The summed E-state index contributed by atoms with van der Waals surface area (Å²) in [7, 11) is 0. The van der Waals surface area contributed by atoms with Crippen LogP contribution in [0.5, 0.6) is 0 Å². The summed E-state index contributed by atoms with van der Waals surface area (Å²) in [6, 6.07) is 12.6. The molecule has 3 nitrogen and oxygen atoms in total. The molecule has 0 aliphatic carbocycles. The number of hydrogen-bond acceptors (Lipinski definition) is 2. The number of hydrogen-bond donors (Lipinski definition) is 0. The van der Waals surface area contributed by atoms with E-state index < -0.39 is 0 Å². The Bertz CT molecular complexity index is 589. The first-order valence-electron chi connectivity index (χ1n) is 4.68. The summed E-state index contributed by atoms with van der Waals surface area (Å²) in [6.45, 7) is 6.95. The first-order valence-corrected chi connectivity index (χ1v) is 4.68. The third-order valence-corrected chi connectivity index (χ3v) is 2.19. The molecule has 1 heterocycles. The lowest BCUT2D eigenvalue weighted by Crippen LogP contribution is -1.86. The Morgan fingerprint density at radius 2 is 2.12 bits per heavy atom. The van der Waals surface area contributed by atoms with Gasteiger partial charge < -0.3 is 0 Å². The molecule has 0 aliphatic rings. The fraction of sp³-hybridized carbons (Fsp3) is 0. The molecule has 0 saturated heterocycles. The molecule has 16 heavy (non-hydrogen) atoms. The molecule has 2 rings (SSSR count). The molecular weight excluding hydrogens is 198 g/mol. The number of pyridine rings is 1. The summed E-state index contributed by atoms with van der Waals surface area (Å²) < 4.78 is 0. The maximum atomic E-state index is 8.99. The summed E-state index contributed by atoms with van der Waals surface area (Å²) in [4.78, 5) is 7.52. The minimum absolute atomic E-state index is 0.514. The van der Waals surface area contributed by atoms with E-state index in [9.17, 15) is 0 Å². The number of nitrogens with zero attached hydrogens (tertiary/aromatic N) is 3. The van der Waals surface area contributed by atoms with Crippen molar-refractivity contribution in [2.24, 2.45) is 0 Å². The summed E-state index contributed by atoms with van der Waals surface area (Å²) in [6.07, 6.45) is 1.67. The average molecular weight is 205 g/mol. The fourth-order valence-electron chi connectivity index (χ4n) is 1.43. The van der Waals surface area contributed by atoms with Gasteiger partial charge in [-0.1, -0.05) is 18.2 Å². The lowest BCUT2D eigenvalue weighted by Gasteiger charge is -2.03. The van der Waals surface area contributed by atoms with E-state index in [4.69, 9.17) is 11.8 Å². The van der Waals surface area contributed by atoms with E-state index in [1.807, 2.05) is 18.2 Å². The van der Waals surface area contributed by atoms with Gasteiger partial charge in [-0.25, -0.2) is 4.85 Å². The monoisotopic (exact) mass is 205 g/mol. The second kappa shape index (κ2) is 4.25. The zero-order valence-electron chi connectivity index (χ0n) is 8.38. The lowest BCUT2D eigenvalue weighted by molar-refractivity contribution is 1.32. The van der Waals surface area contributed by atoms with Gasteiger partial charge in [0.05, 0.1) is 23.9 Å². The van der Waals surface area contributed by atoms with E-state index in [0.717, 1.165) is 0 Å². The molecule has 0 amide bonds. The Hall–Kier alpha value is -2.65. The first-order chi connectivity index (χ1) is 7.85. The van der Waals surface area contributed by atoms with Crippen molar-refractivity contribution < 1.29 is 0 Å². The van der Waals surface area contributed by atoms with Crippen molar-refractivity contribution in [1.82, 2.24) is 4.98 Å². The van der Waals surface area contributed by atoms with Crippen LogP contribution in [0.4, 0.5) is 5.69 Å². The SMILES string of the molecule is [C-]#[N+]c1ccc(C#N)c(-c2ccccn2)c1. The lowest BCUT2D eigenvalue weighted by atomic mass is 10.0. The number of nitriles is 1. The normalized spacial score (nSPS) is 9.12. The van der Waals surface area contributed by atoms with E-state index in [-0.39, 0.29) is 0 Å². The third-order valence-electron chi connectivity index (χ3n) is 2.19. The van der Waals surface area contributed by atoms with Crippen LogP contribution in [-0.4, -0.2) is 4.98 Å². The summed E-state index contributed by atoms with van der Waals surface area (Å²) in [5.74, 6) is 0. The van der Waals surface area contributed by atoms with Gasteiger partial charge >= 0.3 is 0 Å². The highest BCUT2D eigenvalue weighted by Crippen LogP contribution is 2.26. The minimum atomic E-state index is 0.514. The summed E-state index contributed by atoms with van der Waals surface area (Å²) in [5, 5.41) is 8.99. The molecule has 3 heteroatoms. The van der Waals surface area contributed by atoms with Gasteiger partial charge in [0.15, 0.2) is 5.69 Å². The zero-order valence-corrected chi connectivity index (χ0v) is 8.38. The Kier molecular flexibility index (Phi) is 2.63. The second-order valence-corrected chi connectivity index (χ2v) is 3.17. The van der Waals surface area contributed by atoms with Crippen LogP contribution in [0.1, 0.15) is 5.56 Å². The van der Waals surface area contributed by atoms with Crippen LogP contribution in [0.25, 0.3) is 16.1 Å². The highest BCUT2D eigenvalue weighted by atomic mass is 14.7. The molecule has 0 saturated carbocycles. The van der Waals surface area contributed by atoms with Crippen LogP contribution in [0, 0.1) is 17.9 Å². The maximum absolute atomic E-state index is 8.99. The molecule has 0 fully saturated rings. The Morgan fingerprint density at radius 1 is 1.25 bits per heavy atom. The van der Waals surface area contributed by atoms with E-state index in [1.54, 1.807) is 24.4 Å². The summed E-state index contributed by atoms with van der Waals surface area (Å²) >= 11 is 0. The average Bonchev–Trinajstić information content (AvgIpc) is 2.39. The summed E-state index contributed by atoms with van der Waals surface area (Å²) in [5.41, 5.74) is 2.46. The molecule has 2 aromatic rings. The standard InChI is InChI=1S/C13H7N3/c1-15-11-6-5-10(9-14)12(8-11)13-4-2-3-7-16-13/h2-8H. The van der Waals surface area contributed by atoms with Gasteiger partial charge in [0.1, 0.15) is 0 Å². The van der Waals surface area contributed by atoms with Crippen LogP contribution >= 0.6 is 0 Å². The molecule has 74 valence electrons. The highest BCUT2D eigenvalue weighted by Gasteiger charge is 2.06. The Labute approximate surface area is 93.4 Å². The van der Waals surface area contributed by atoms with E-state index in [0.29, 0.717) is 22.5 Å². The van der Waals surface area contributed by atoms with Crippen LogP contribution in [0.2, 0.25) is 0 Å². The van der Waals surface area contributed by atoms with Crippen LogP contribution in [0.3, 0.4) is 0 Å². The maximum Gasteiger partial charge on any atom is 0.188 e. The number of rotatable bonds is 1. The largest absolute Gasteiger partial charge is 0.256 e. The van der Waals surface area contributed by atoms with Crippen LogP contribution in [-0.2, 0) is 0 Å². The van der Waals surface area contributed by atoms with Crippen molar-refractivity contribution in [2.45, 2.75) is 0 Å². The van der Waals surface area contributed by atoms with E-state index in [2.05, 4.69) is 15.9 Å². The molecule has 1 aromatic heterocycles. The van der Waals surface area contributed by atoms with Crippen molar-refractivity contribution in [3.63, 3.8) is 0 Å². The zero-order chi connectivity index (χ0) is 11.4. The van der Waals surface area contributed by atoms with Gasteiger partial charge in [0.2, 0.25) is 0 Å². The minimum Gasteiger partial charge on any atom is -0.256 e. The van der Waals surface area contributed by atoms with Gasteiger partial charge in [-0.15, -0.1) is 0 Å². The molecule has 0 atom stereocenters. The predicted octanol–water partition coefficient (Wildman–Crippen LogP) is 3.17. The molecular formula is C13H7N3. The molecule has 0 unspecified atom stereocenters. The molecule has 0 spiro atoms. The van der Waals surface area contributed by atoms with Crippen LogP contribution < -0.4 is 0 Å². The quantitative estimate of drug-likeness (QED) is 0.671. The predicted molar refractivity (Wildman–Crippen MR) is 60.7 cm³/mol. The van der Waals surface area contributed by atoms with Crippen LogP contribution in [0.15, 0.2) is 42.6 Å². The molecule has 0 N–H and O–H groups in total. The van der Waals surface area contributed by atoms with Crippen molar-refractivity contribution in [3.05, 3.63) is 59.6 Å². The first kappa shape index (κ1) is 9.89. The van der Waals surface area contributed by atoms with Crippen molar-refractivity contribution in [2.75, 3.05) is 0 Å². The fourth-order valence-corrected chi connectivity index (χ4v) is 1.43. The van der Waals surface area contributed by atoms with Gasteiger partial charge in [-0.3, -0.25) is 4.98 Å². The Balaban J connectivity index is 2.65. The number of benzene rings is 1. The third kappa shape index (κ3) is 1.75. The van der Waals surface area contributed by atoms with Crippen molar-refractivity contribution >= 4 is 5.69 Å². The Morgan fingerprint density at radius 3 is 2.75 bits per heavy atom. The van der Waals surface area contributed by atoms with Gasteiger partial charge in [-0.2, -0.15) is 5.26 Å². The highest BCUT2D eigenvalue weighted by molar-refractivity contribution is 5.72. The van der Waals surface area contributed by atoms with Crippen molar-refractivity contribution in [3.8, 4) is 17.3 Å².